The number of benzene rings is 2. The molecule has 0 fully saturated rings. The molecule has 2 aromatic carbocycles. The van der Waals surface area contributed by atoms with Crippen molar-refractivity contribution in [2.45, 2.75) is 60.0 Å². The van der Waals surface area contributed by atoms with Crippen LogP contribution in [0.4, 0.5) is 0 Å². The second-order valence-corrected chi connectivity index (χ2v) is 9.08. The molecule has 0 saturated carbocycles. The topological polar surface area (TPSA) is 26.3 Å². The Labute approximate surface area is 172 Å². The number of carbonyl (C=O) groups excluding carboxylic acids is 1. The van der Waals surface area contributed by atoms with Crippen LogP contribution in [-0.4, -0.2) is 30.5 Å². The predicted molar refractivity (Wildman–Crippen MR) is 116 cm³/mol. The van der Waals surface area contributed by atoms with E-state index < -0.39 is 0 Å². The van der Waals surface area contributed by atoms with E-state index in [4.69, 9.17) is 4.74 Å². The Hall–Kier alpha value is -1.06. The quantitative estimate of drug-likeness (QED) is 0.558. The van der Waals surface area contributed by atoms with E-state index in [1.165, 1.54) is 5.56 Å². The average molecular weight is 364 g/mol. The van der Waals surface area contributed by atoms with Crippen LogP contribution in [0, 0.1) is 13.8 Å². The fourth-order valence-electron chi connectivity index (χ4n) is 2.77. The Morgan fingerprint density at radius 3 is 1.92 bits per heavy atom. The molecule has 0 amide bonds. The number of hydrogen-bond donors (Lipinski definition) is 0. The average Bonchev–Trinajstić information content (AvgIpc) is 2.49. The Morgan fingerprint density at radius 2 is 1.50 bits per heavy atom. The molecule has 1 unspecified atom stereocenters. The molecule has 2 aromatic rings. The van der Waals surface area contributed by atoms with Crippen LogP contribution >= 0.6 is 8.58 Å². The molecule has 0 aromatic heterocycles. The summed E-state index contributed by atoms with van der Waals surface area (Å²) in [6.45, 7) is 14.7. The number of hydrogen-bond acceptors (Lipinski definition) is 2. The monoisotopic (exact) mass is 364 g/mol. The van der Waals surface area contributed by atoms with E-state index >= 15 is 0 Å². The van der Waals surface area contributed by atoms with Crippen molar-refractivity contribution in [2.75, 3.05) is 0 Å². The molecule has 136 valence electrons. The molecule has 0 saturated heterocycles. The van der Waals surface area contributed by atoms with Gasteiger partial charge in [-0.3, -0.25) is 4.79 Å². The summed E-state index contributed by atoms with van der Waals surface area (Å²) in [6, 6.07) is 12.1. The SMILES string of the molecule is Cc1cc(OC(C)C)cc(C)c1PC(=O)c1ccc(C(C)(C)C)cc1.[LiH]. The van der Waals surface area contributed by atoms with E-state index in [-0.39, 0.29) is 44.5 Å². The van der Waals surface area contributed by atoms with Crippen LogP contribution in [0.3, 0.4) is 0 Å². The molecule has 0 aliphatic heterocycles. The van der Waals surface area contributed by atoms with Gasteiger partial charge >= 0.3 is 18.9 Å². The van der Waals surface area contributed by atoms with Gasteiger partial charge in [0.1, 0.15) is 5.75 Å². The van der Waals surface area contributed by atoms with Gasteiger partial charge in [-0.05, 0) is 75.8 Å². The molecule has 4 heteroatoms. The van der Waals surface area contributed by atoms with Crippen LogP contribution in [-0.2, 0) is 5.41 Å². The van der Waals surface area contributed by atoms with E-state index in [0.717, 1.165) is 27.7 Å². The number of rotatable bonds is 5. The van der Waals surface area contributed by atoms with Gasteiger partial charge in [0.15, 0.2) is 5.52 Å². The molecule has 0 aliphatic rings. The van der Waals surface area contributed by atoms with Crippen LogP contribution in [0.1, 0.15) is 61.7 Å². The van der Waals surface area contributed by atoms with E-state index in [1.54, 1.807) is 0 Å². The zero-order valence-corrected chi connectivity index (χ0v) is 17.4. The second-order valence-electron chi connectivity index (χ2n) is 7.88. The van der Waals surface area contributed by atoms with Crippen LogP contribution in [0.2, 0.25) is 0 Å². The molecule has 0 bridgehead atoms. The van der Waals surface area contributed by atoms with E-state index in [0.29, 0.717) is 0 Å². The standard InChI is InChI=1S/C22H29O2P.Li.H/c1-14(2)24-19-12-15(3)20(16(4)13-19)25-21(23)17-8-10-18(11-9-17)22(5,6)7;;/h8-14,25H,1-7H3;;. The van der Waals surface area contributed by atoms with Crippen molar-refractivity contribution in [1.82, 2.24) is 0 Å². The van der Waals surface area contributed by atoms with Crippen LogP contribution in [0.25, 0.3) is 0 Å². The summed E-state index contributed by atoms with van der Waals surface area (Å²) in [4.78, 5) is 12.7. The Bertz CT molecular complexity index is 736. The third kappa shape index (κ3) is 5.99. The summed E-state index contributed by atoms with van der Waals surface area (Å²) >= 11 is 0. The third-order valence-corrected chi connectivity index (χ3v) is 5.68. The van der Waals surface area contributed by atoms with E-state index in [9.17, 15) is 4.79 Å². The first kappa shape index (κ1) is 23.0. The maximum atomic E-state index is 12.7. The van der Waals surface area contributed by atoms with Crippen molar-refractivity contribution in [1.29, 1.82) is 0 Å². The van der Waals surface area contributed by atoms with Crippen LogP contribution in [0.5, 0.6) is 5.75 Å². The Morgan fingerprint density at radius 1 is 1.00 bits per heavy atom. The molecule has 1 atom stereocenters. The predicted octanol–water partition coefficient (Wildman–Crippen LogP) is 4.88. The van der Waals surface area contributed by atoms with Gasteiger partial charge in [0.2, 0.25) is 0 Å². The van der Waals surface area contributed by atoms with Gasteiger partial charge in [-0.1, -0.05) is 45.0 Å². The van der Waals surface area contributed by atoms with E-state index in [2.05, 4.69) is 46.8 Å². The zero-order chi connectivity index (χ0) is 18.8. The second kappa shape index (κ2) is 9.23. The molecule has 26 heavy (non-hydrogen) atoms. The number of aryl methyl sites for hydroxylation is 2. The Balaban J connectivity index is 0.00000338. The molecule has 0 heterocycles. The molecule has 2 nitrogen and oxygen atoms in total. The summed E-state index contributed by atoms with van der Waals surface area (Å²) in [5, 5.41) is 1.13. The summed E-state index contributed by atoms with van der Waals surface area (Å²) in [6.07, 6.45) is 0.148. The van der Waals surface area contributed by atoms with E-state index in [1.807, 2.05) is 38.1 Å². The number of ether oxygens (including phenoxy) is 1. The first-order valence-corrected chi connectivity index (χ1v) is 9.77. The molecule has 0 spiro atoms. The van der Waals surface area contributed by atoms with Crippen molar-refractivity contribution >= 4 is 38.3 Å². The fraction of sp³-hybridized carbons (Fsp3) is 0.409. The normalized spacial score (nSPS) is 11.7. The number of carbonyl (C=O) groups is 1. The van der Waals surface area contributed by atoms with Gasteiger partial charge in [0, 0.05) is 5.56 Å². The van der Waals surface area contributed by atoms with Gasteiger partial charge < -0.3 is 4.74 Å². The van der Waals surface area contributed by atoms with Crippen LogP contribution < -0.4 is 10.0 Å². The molecule has 0 radical (unpaired) electrons. The minimum absolute atomic E-state index is 0. The molecule has 0 N–H and O–H groups in total. The summed E-state index contributed by atoms with van der Waals surface area (Å²) < 4.78 is 5.78. The summed E-state index contributed by atoms with van der Waals surface area (Å²) in [7, 11) is 0.135. The van der Waals surface area contributed by atoms with Crippen molar-refractivity contribution in [3.8, 4) is 5.75 Å². The van der Waals surface area contributed by atoms with Crippen molar-refractivity contribution in [3.05, 3.63) is 58.7 Å². The van der Waals surface area contributed by atoms with Gasteiger partial charge in [-0.25, -0.2) is 0 Å². The first-order chi connectivity index (χ1) is 11.6. The fourth-order valence-corrected chi connectivity index (χ4v) is 3.85. The van der Waals surface area contributed by atoms with Crippen molar-refractivity contribution < 1.29 is 9.53 Å². The maximum absolute atomic E-state index is 12.7. The van der Waals surface area contributed by atoms with Gasteiger partial charge in [-0.15, -0.1) is 0 Å². The molecule has 0 aliphatic carbocycles. The molecule has 2 rings (SSSR count). The van der Waals surface area contributed by atoms with Crippen molar-refractivity contribution in [2.24, 2.45) is 0 Å². The minimum atomic E-state index is 0. The van der Waals surface area contributed by atoms with Gasteiger partial charge in [0.25, 0.3) is 0 Å². The van der Waals surface area contributed by atoms with Gasteiger partial charge in [0.05, 0.1) is 6.10 Å². The van der Waals surface area contributed by atoms with Crippen LogP contribution in [0.15, 0.2) is 36.4 Å². The molecular formula is C22H30LiO2P. The Kier molecular flexibility index (Phi) is 8.16. The summed E-state index contributed by atoms with van der Waals surface area (Å²) in [5.74, 6) is 0.875. The first-order valence-electron chi connectivity index (χ1n) is 8.77. The molecular weight excluding hydrogens is 334 g/mol. The summed E-state index contributed by atoms with van der Waals surface area (Å²) in [5.41, 5.74) is 4.55. The zero-order valence-electron chi connectivity index (χ0n) is 16.4. The third-order valence-electron chi connectivity index (χ3n) is 4.13. The van der Waals surface area contributed by atoms with Crippen molar-refractivity contribution in [3.63, 3.8) is 0 Å². The van der Waals surface area contributed by atoms with Gasteiger partial charge in [-0.2, -0.15) is 0 Å².